The summed E-state index contributed by atoms with van der Waals surface area (Å²) >= 11 is 0. The molecule has 9 aromatic rings. The van der Waals surface area contributed by atoms with Gasteiger partial charge in [0.05, 0.1) is 0 Å². The first-order chi connectivity index (χ1) is 26.7. The standard InChI is InChI=1S/C50H34N4/c1-2-9-35(10-3-1)43-23-44(25-46(24-43)40-15-6-18-51-30-40)36-11-4-13-38(21-36)49-29-50(34-54-33-49)39-14-5-12-37(22-39)45-26-47(41-16-7-19-52-31-41)28-48(27-45)42-17-8-20-53-32-42/h1-34H. The minimum atomic E-state index is 1.06. The molecule has 0 aliphatic carbocycles. The molecule has 54 heavy (non-hydrogen) atoms. The zero-order chi connectivity index (χ0) is 36.1. The lowest BCUT2D eigenvalue weighted by atomic mass is 9.92. The van der Waals surface area contributed by atoms with Crippen LogP contribution in [0.5, 0.6) is 0 Å². The smallest absolute Gasteiger partial charge is 0.0346 e. The number of hydrogen-bond acceptors (Lipinski definition) is 4. The lowest BCUT2D eigenvalue weighted by Crippen LogP contribution is -1.89. The second kappa shape index (κ2) is 14.7. The molecule has 0 amide bonds. The fraction of sp³-hybridized carbons (Fsp3) is 0. The fourth-order valence-electron chi connectivity index (χ4n) is 7.00. The molecular formula is C50H34N4. The van der Waals surface area contributed by atoms with E-state index in [9.17, 15) is 0 Å². The third-order valence-electron chi connectivity index (χ3n) is 9.75. The van der Waals surface area contributed by atoms with Crippen molar-refractivity contribution < 1.29 is 0 Å². The van der Waals surface area contributed by atoms with Crippen LogP contribution in [0.4, 0.5) is 0 Å². The van der Waals surface area contributed by atoms with Gasteiger partial charge in [-0.1, -0.05) is 84.9 Å². The summed E-state index contributed by atoms with van der Waals surface area (Å²) in [6.07, 6.45) is 15.1. The van der Waals surface area contributed by atoms with E-state index in [1.807, 2.05) is 55.4 Å². The molecule has 5 aromatic carbocycles. The fourth-order valence-corrected chi connectivity index (χ4v) is 7.00. The third kappa shape index (κ3) is 6.97. The highest BCUT2D eigenvalue weighted by Crippen LogP contribution is 2.37. The second-order valence-corrected chi connectivity index (χ2v) is 13.3. The van der Waals surface area contributed by atoms with Crippen molar-refractivity contribution in [3.63, 3.8) is 0 Å². The van der Waals surface area contributed by atoms with Crippen molar-refractivity contribution in [2.75, 3.05) is 0 Å². The minimum Gasteiger partial charge on any atom is -0.264 e. The number of rotatable bonds is 8. The largest absolute Gasteiger partial charge is 0.264 e. The Morgan fingerprint density at radius 1 is 0.185 bits per heavy atom. The molecule has 0 unspecified atom stereocenters. The van der Waals surface area contributed by atoms with Gasteiger partial charge >= 0.3 is 0 Å². The SMILES string of the molecule is c1ccc(-c2cc(-c3cccnc3)cc(-c3cccc(-c4cncc(-c5cccc(-c6cc(-c7cccnc7)cc(-c7cccnc7)c6)c5)c4)c3)c2)cc1. The highest BCUT2D eigenvalue weighted by Gasteiger charge is 2.12. The quantitative estimate of drug-likeness (QED) is 0.159. The Balaban J connectivity index is 1.08. The molecule has 254 valence electrons. The van der Waals surface area contributed by atoms with Crippen LogP contribution >= 0.6 is 0 Å². The van der Waals surface area contributed by atoms with Gasteiger partial charge in [0.15, 0.2) is 0 Å². The number of pyridine rings is 4. The molecule has 4 aromatic heterocycles. The molecule has 0 atom stereocenters. The topological polar surface area (TPSA) is 51.6 Å². The molecule has 9 rings (SSSR count). The maximum atomic E-state index is 4.74. The summed E-state index contributed by atoms with van der Waals surface area (Å²) in [5, 5.41) is 0. The Labute approximate surface area is 315 Å². The van der Waals surface area contributed by atoms with Crippen molar-refractivity contribution in [2.24, 2.45) is 0 Å². The van der Waals surface area contributed by atoms with Crippen LogP contribution < -0.4 is 0 Å². The Bertz CT molecular complexity index is 2390. The summed E-state index contributed by atoms with van der Waals surface area (Å²) < 4.78 is 0. The van der Waals surface area contributed by atoms with Gasteiger partial charge in [0.2, 0.25) is 0 Å². The molecule has 0 bridgehead atoms. The first-order valence-corrected chi connectivity index (χ1v) is 18.0. The molecule has 0 aliphatic heterocycles. The summed E-state index contributed by atoms with van der Waals surface area (Å²) in [6.45, 7) is 0. The number of benzene rings is 5. The van der Waals surface area contributed by atoms with Crippen molar-refractivity contribution in [2.45, 2.75) is 0 Å². The van der Waals surface area contributed by atoms with Crippen molar-refractivity contribution >= 4 is 0 Å². The van der Waals surface area contributed by atoms with Crippen LogP contribution in [0.3, 0.4) is 0 Å². The summed E-state index contributed by atoms with van der Waals surface area (Å²) in [5.41, 5.74) is 17.8. The molecular weight excluding hydrogens is 657 g/mol. The highest BCUT2D eigenvalue weighted by atomic mass is 14.6. The molecule has 0 saturated carbocycles. The molecule has 0 fully saturated rings. The van der Waals surface area contributed by atoms with E-state index in [0.717, 1.165) is 77.9 Å². The Hall–Kier alpha value is -7.30. The van der Waals surface area contributed by atoms with Crippen LogP contribution in [-0.4, -0.2) is 19.9 Å². The van der Waals surface area contributed by atoms with E-state index in [4.69, 9.17) is 4.98 Å². The zero-order valence-corrected chi connectivity index (χ0v) is 29.4. The van der Waals surface area contributed by atoms with E-state index in [0.29, 0.717) is 0 Å². The van der Waals surface area contributed by atoms with Gasteiger partial charge in [-0.25, -0.2) is 0 Å². The van der Waals surface area contributed by atoms with Crippen LogP contribution in [0.1, 0.15) is 0 Å². The van der Waals surface area contributed by atoms with Gasteiger partial charge in [-0.05, 0) is 134 Å². The van der Waals surface area contributed by atoms with Crippen LogP contribution in [0, 0.1) is 0 Å². The summed E-state index contributed by atoms with van der Waals surface area (Å²) in [7, 11) is 0. The van der Waals surface area contributed by atoms with E-state index >= 15 is 0 Å². The Morgan fingerprint density at radius 3 is 0.852 bits per heavy atom. The first kappa shape index (κ1) is 32.6. The van der Waals surface area contributed by atoms with Crippen LogP contribution in [-0.2, 0) is 0 Å². The van der Waals surface area contributed by atoms with Crippen LogP contribution in [0.25, 0.3) is 89.0 Å². The number of aromatic nitrogens is 4. The monoisotopic (exact) mass is 690 g/mol. The average Bonchev–Trinajstić information content (AvgIpc) is 3.27. The highest BCUT2D eigenvalue weighted by molar-refractivity contribution is 5.85. The van der Waals surface area contributed by atoms with Gasteiger partial charge in [-0.2, -0.15) is 0 Å². The Kier molecular flexibility index (Phi) is 8.90. The maximum Gasteiger partial charge on any atom is 0.0346 e. The van der Waals surface area contributed by atoms with Gasteiger partial charge in [0.1, 0.15) is 0 Å². The van der Waals surface area contributed by atoms with Crippen LogP contribution in [0.2, 0.25) is 0 Å². The van der Waals surface area contributed by atoms with Crippen molar-refractivity contribution in [3.8, 4) is 89.0 Å². The number of nitrogens with zero attached hydrogens (tertiary/aromatic N) is 4. The van der Waals surface area contributed by atoms with E-state index in [2.05, 4.69) is 154 Å². The predicted molar refractivity (Wildman–Crippen MR) is 221 cm³/mol. The lowest BCUT2D eigenvalue weighted by Gasteiger charge is -2.13. The zero-order valence-electron chi connectivity index (χ0n) is 29.4. The van der Waals surface area contributed by atoms with E-state index in [-0.39, 0.29) is 0 Å². The van der Waals surface area contributed by atoms with Gasteiger partial charge in [-0.3, -0.25) is 19.9 Å². The maximum absolute atomic E-state index is 4.74. The van der Waals surface area contributed by atoms with Gasteiger partial charge in [-0.15, -0.1) is 0 Å². The molecule has 4 heteroatoms. The molecule has 0 saturated heterocycles. The second-order valence-electron chi connectivity index (χ2n) is 13.3. The van der Waals surface area contributed by atoms with E-state index in [1.165, 1.54) is 11.1 Å². The van der Waals surface area contributed by atoms with Gasteiger partial charge in [0, 0.05) is 77.4 Å². The van der Waals surface area contributed by atoms with Gasteiger partial charge < -0.3 is 0 Å². The Morgan fingerprint density at radius 2 is 0.463 bits per heavy atom. The van der Waals surface area contributed by atoms with Crippen molar-refractivity contribution in [1.29, 1.82) is 0 Å². The molecule has 0 N–H and O–H groups in total. The van der Waals surface area contributed by atoms with Crippen LogP contribution in [0.15, 0.2) is 207 Å². The van der Waals surface area contributed by atoms with E-state index < -0.39 is 0 Å². The molecule has 0 aliphatic rings. The summed E-state index contributed by atoms with van der Waals surface area (Å²) in [6, 6.07) is 55.9. The minimum absolute atomic E-state index is 1.06. The summed E-state index contributed by atoms with van der Waals surface area (Å²) in [5.74, 6) is 0. The number of hydrogen-bond donors (Lipinski definition) is 0. The molecule has 4 heterocycles. The summed E-state index contributed by atoms with van der Waals surface area (Å²) in [4.78, 5) is 17.9. The molecule has 4 nitrogen and oxygen atoms in total. The molecule has 0 radical (unpaired) electrons. The molecule has 0 spiro atoms. The predicted octanol–water partition coefficient (Wildman–Crippen LogP) is 12.6. The first-order valence-electron chi connectivity index (χ1n) is 18.0. The lowest BCUT2D eigenvalue weighted by molar-refractivity contribution is 1.32. The normalized spacial score (nSPS) is 11.0. The van der Waals surface area contributed by atoms with E-state index in [1.54, 1.807) is 12.4 Å². The van der Waals surface area contributed by atoms with Gasteiger partial charge in [0.25, 0.3) is 0 Å². The van der Waals surface area contributed by atoms with Crippen molar-refractivity contribution in [1.82, 2.24) is 19.9 Å². The average molecular weight is 691 g/mol. The third-order valence-corrected chi connectivity index (χ3v) is 9.75. The van der Waals surface area contributed by atoms with Crippen molar-refractivity contribution in [3.05, 3.63) is 207 Å².